The minimum Gasteiger partial charge on any atom is -0.462 e. The Kier molecular flexibility index (Phi) is 12.5. The average Bonchev–Trinajstić information content (AvgIpc) is 2.51. The summed E-state index contributed by atoms with van der Waals surface area (Å²) in [5.74, 6) is -0.317. The molecule has 0 amide bonds. The lowest BCUT2D eigenvalue weighted by atomic mass is 10.4. The van der Waals surface area contributed by atoms with Crippen LogP contribution in [0, 0.1) is 0 Å². The van der Waals surface area contributed by atoms with Crippen molar-refractivity contribution in [2.24, 2.45) is 0 Å². The number of carbonyl (C=O) groups excluding carboxylic acids is 1. The molecule has 0 bridgehead atoms. The largest absolute Gasteiger partial charge is 0.471 e. The Hall–Kier alpha value is 0.351. The second-order valence-electron chi connectivity index (χ2n) is 12.0. The second-order valence-corrected chi connectivity index (χ2v) is 36.2. The van der Waals surface area contributed by atoms with E-state index in [-0.39, 0.29) is 11.1 Å². The third-order valence-electron chi connectivity index (χ3n) is 4.51. The van der Waals surface area contributed by atoms with Gasteiger partial charge in [0.05, 0.1) is 6.61 Å². The van der Waals surface area contributed by atoms with Gasteiger partial charge >= 0.3 is 14.8 Å². The number of esters is 1. The normalized spacial score (nSPS) is 15.3. The molecule has 0 aliphatic rings. The maximum Gasteiger partial charge on any atom is 0.471 e. The lowest BCUT2D eigenvalue weighted by Crippen LogP contribution is -2.67. The number of ether oxygens (including phenoxy) is 1. The van der Waals surface area contributed by atoms with Crippen molar-refractivity contribution in [2.75, 3.05) is 6.61 Å². The summed E-state index contributed by atoms with van der Waals surface area (Å²) >= 11 is 0. The minimum atomic E-state index is -2.98. The summed E-state index contributed by atoms with van der Waals surface area (Å²) in [5.41, 5.74) is 0.439. The molecule has 190 valence electrons. The highest BCUT2D eigenvalue weighted by Gasteiger charge is 2.59. The van der Waals surface area contributed by atoms with Crippen LogP contribution in [0.2, 0.25) is 83.2 Å². The third-order valence-corrected chi connectivity index (χ3v) is 26.1. The van der Waals surface area contributed by atoms with Crippen molar-refractivity contribution >= 4 is 57.8 Å². The van der Waals surface area contributed by atoms with E-state index in [4.69, 9.17) is 21.2 Å². The van der Waals surface area contributed by atoms with Crippen molar-refractivity contribution < 1.29 is 26.0 Å². The zero-order valence-corrected chi connectivity index (χ0v) is 29.5. The molecule has 0 radical (unpaired) electrons. The molecule has 0 aliphatic carbocycles. The van der Waals surface area contributed by atoms with Gasteiger partial charge in [-0.3, -0.25) is 0 Å². The minimum absolute atomic E-state index is 0.147. The standard InChI is InChI=1S/C20H50O6Si6/c1-18(2)20(21)22-16-15-17-27-23-31(13,14)19(3)32(24-28(4,5)6,25-29(7,8)9)26-30(10,11)12/h19H,1,15-17,27H2,2-14H3. The fraction of sp³-hybridized carbons (Fsp3) is 0.850. The first kappa shape index (κ1) is 32.4. The predicted octanol–water partition coefficient (Wildman–Crippen LogP) is 5.64. The van der Waals surface area contributed by atoms with Crippen LogP contribution in [0.1, 0.15) is 20.3 Å². The number of hydrogen-bond donors (Lipinski definition) is 0. The molecule has 0 spiro atoms. The van der Waals surface area contributed by atoms with Crippen molar-refractivity contribution in [1.29, 1.82) is 0 Å². The van der Waals surface area contributed by atoms with Gasteiger partial charge in [0.15, 0.2) is 33.3 Å². The lowest BCUT2D eigenvalue weighted by Gasteiger charge is -2.49. The molecule has 0 N–H and O–H groups in total. The zero-order valence-electron chi connectivity index (χ0n) is 23.1. The Bertz CT molecular complexity index is 581. The maximum absolute atomic E-state index is 11.5. The molecule has 1 unspecified atom stereocenters. The Morgan fingerprint density at radius 1 is 0.844 bits per heavy atom. The van der Waals surface area contributed by atoms with Gasteiger partial charge in [0.2, 0.25) is 0 Å². The Balaban J connectivity index is 5.49. The van der Waals surface area contributed by atoms with Crippen LogP contribution in [0.3, 0.4) is 0 Å². The smallest absolute Gasteiger partial charge is 0.462 e. The van der Waals surface area contributed by atoms with Crippen LogP contribution in [0.4, 0.5) is 0 Å². The van der Waals surface area contributed by atoms with Crippen molar-refractivity contribution in [3.8, 4) is 0 Å². The van der Waals surface area contributed by atoms with Gasteiger partial charge in [-0.15, -0.1) is 0 Å². The predicted molar refractivity (Wildman–Crippen MR) is 151 cm³/mol. The number of hydrogen-bond acceptors (Lipinski definition) is 6. The molecule has 6 nitrogen and oxygen atoms in total. The molecule has 0 saturated carbocycles. The van der Waals surface area contributed by atoms with Crippen LogP contribution in [-0.4, -0.2) is 64.4 Å². The van der Waals surface area contributed by atoms with Crippen LogP contribution < -0.4 is 0 Å². The Morgan fingerprint density at radius 2 is 1.25 bits per heavy atom. The Morgan fingerprint density at radius 3 is 1.59 bits per heavy atom. The van der Waals surface area contributed by atoms with Gasteiger partial charge in [-0.05, 0) is 91.4 Å². The quantitative estimate of drug-likeness (QED) is 0.113. The molecular formula is C20H50O6Si6. The van der Waals surface area contributed by atoms with E-state index in [1.807, 2.05) is 0 Å². The van der Waals surface area contributed by atoms with E-state index in [0.717, 1.165) is 12.5 Å². The van der Waals surface area contributed by atoms with E-state index < -0.39 is 51.8 Å². The molecule has 0 rings (SSSR count). The highest BCUT2D eigenvalue weighted by atomic mass is 28.5. The molecule has 0 aromatic carbocycles. The van der Waals surface area contributed by atoms with Crippen molar-refractivity contribution in [1.82, 2.24) is 0 Å². The third kappa shape index (κ3) is 13.3. The van der Waals surface area contributed by atoms with Crippen LogP contribution >= 0.6 is 0 Å². The molecule has 0 aromatic heterocycles. The first-order chi connectivity index (χ1) is 14.1. The van der Waals surface area contributed by atoms with Gasteiger partial charge in [-0.2, -0.15) is 0 Å². The fourth-order valence-electron chi connectivity index (χ4n) is 2.99. The number of carbonyl (C=O) groups is 1. The summed E-state index contributed by atoms with van der Waals surface area (Å²) in [6, 6.07) is 0.972. The molecule has 12 heteroatoms. The monoisotopic (exact) mass is 554 g/mol. The lowest BCUT2D eigenvalue weighted by molar-refractivity contribution is -0.138. The van der Waals surface area contributed by atoms with Gasteiger partial charge < -0.3 is 21.2 Å². The SMILES string of the molecule is C=C(C)C(=O)OCCC[SiH2]O[Si](C)(C)C(C)[Si](O[Si](C)(C)C)(O[Si](C)(C)C)O[Si](C)(C)C. The topological polar surface area (TPSA) is 63.2 Å². The zero-order chi connectivity index (χ0) is 25.6. The van der Waals surface area contributed by atoms with Crippen LogP contribution in [-0.2, 0) is 26.0 Å². The van der Waals surface area contributed by atoms with Gasteiger partial charge in [-0.25, -0.2) is 4.79 Å². The molecule has 0 aliphatic heterocycles. The molecule has 32 heavy (non-hydrogen) atoms. The highest BCUT2D eigenvalue weighted by Crippen LogP contribution is 2.40. The van der Waals surface area contributed by atoms with Crippen LogP contribution in [0.15, 0.2) is 12.2 Å². The summed E-state index contributed by atoms with van der Waals surface area (Å²) in [6.07, 6.45) is 0.828. The first-order valence-corrected chi connectivity index (χ1v) is 28.3. The molecular weight excluding hydrogens is 505 g/mol. The molecule has 0 aromatic rings. The first-order valence-electron chi connectivity index (χ1n) is 11.7. The van der Waals surface area contributed by atoms with Gasteiger partial charge in [0.25, 0.3) is 0 Å². The van der Waals surface area contributed by atoms with Crippen molar-refractivity contribution in [2.45, 2.75) is 103 Å². The average molecular weight is 555 g/mol. The number of rotatable bonds is 15. The van der Waals surface area contributed by atoms with Crippen LogP contribution in [0.5, 0.6) is 0 Å². The summed E-state index contributed by atoms with van der Waals surface area (Å²) in [7, 11) is -11.6. The van der Waals surface area contributed by atoms with E-state index in [1.165, 1.54) is 0 Å². The maximum atomic E-state index is 11.5. The molecule has 1 atom stereocenters. The summed E-state index contributed by atoms with van der Waals surface area (Å²) < 4.78 is 32.6. The molecule has 0 fully saturated rings. The fourth-order valence-corrected chi connectivity index (χ4v) is 26.8. The summed E-state index contributed by atoms with van der Waals surface area (Å²) in [6.45, 7) is 32.5. The van der Waals surface area contributed by atoms with Gasteiger partial charge in [0, 0.05) is 10.7 Å². The highest BCUT2D eigenvalue weighted by molar-refractivity contribution is 6.98. The van der Waals surface area contributed by atoms with Crippen molar-refractivity contribution in [3.63, 3.8) is 0 Å². The van der Waals surface area contributed by atoms with Gasteiger partial charge in [0.1, 0.15) is 9.76 Å². The van der Waals surface area contributed by atoms with Gasteiger partial charge in [-0.1, -0.05) is 13.5 Å². The van der Waals surface area contributed by atoms with E-state index >= 15 is 0 Å². The summed E-state index contributed by atoms with van der Waals surface area (Å²) in [5, 5.41) is 0.147. The molecule has 0 saturated heterocycles. The Labute approximate surface area is 205 Å². The van der Waals surface area contributed by atoms with Crippen LogP contribution in [0.25, 0.3) is 0 Å². The second kappa shape index (κ2) is 12.4. The van der Waals surface area contributed by atoms with Crippen molar-refractivity contribution in [3.05, 3.63) is 12.2 Å². The summed E-state index contributed by atoms with van der Waals surface area (Å²) in [4.78, 5) is 11.5. The van der Waals surface area contributed by atoms with E-state index in [0.29, 0.717) is 12.2 Å². The van der Waals surface area contributed by atoms with E-state index in [1.54, 1.807) is 6.92 Å². The van der Waals surface area contributed by atoms with E-state index in [9.17, 15) is 4.79 Å². The van der Waals surface area contributed by atoms with E-state index in [2.05, 4.69) is 85.5 Å². The molecule has 0 heterocycles.